The highest BCUT2D eigenvalue weighted by Crippen LogP contribution is 2.69. The largest absolute Gasteiger partial charge is 0.393 e. The number of hydrogen-bond donors (Lipinski definition) is 3. The van der Waals surface area contributed by atoms with Crippen molar-refractivity contribution in [1.82, 2.24) is 5.32 Å². The molecule has 0 amide bonds. The van der Waals surface area contributed by atoms with Crippen LogP contribution in [0, 0.1) is 46.3 Å². The van der Waals surface area contributed by atoms with E-state index in [9.17, 15) is 10.2 Å². The molecule has 0 spiro atoms. The Balaban J connectivity index is 1.38. The van der Waals surface area contributed by atoms with E-state index in [-0.39, 0.29) is 6.10 Å². The number of fused-ring (bicyclic) bond motifs is 5. The van der Waals surface area contributed by atoms with E-state index in [0.717, 1.165) is 49.6 Å². The summed E-state index contributed by atoms with van der Waals surface area (Å²) in [6, 6.07) is 0. The van der Waals surface area contributed by atoms with E-state index >= 15 is 0 Å². The molecule has 5 fully saturated rings. The summed E-state index contributed by atoms with van der Waals surface area (Å²) in [5, 5.41) is 25.7. The fourth-order valence-corrected chi connectivity index (χ4v) is 9.83. The minimum atomic E-state index is -0.528. The number of aliphatic hydroxyl groups is 2. The first-order valence-electron chi connectivity index (χ1n) is 12.9. The summed E-state index contributed by atoms with van der Waals surface area (Å²) in [6.07, 6.45) is 13.6. The Hall–Kier alpha value is -0.120. The Morgan fingerprint density at radius 1 is 0.897 bits per heavy atom. The number of nitrogens with one attached hydrogen (secondary N) is 1. The SMILES string of the molecule is CC(O)(C1CCCNC1)[C@H]1CC[C@H]2[C@@H]3CC[C@H]4C[C@@H](O)CC[C@]4(C)[C@H]3CC[C@]12C. The van der Waals surface area contributed by atoms with Crippen LogP contribution in [0.5, 0.6) is 0 Å². The number of piperidine rings is 1. The zero-order valence-electron chi connectivity index (χ0n) is 19.1. The van der Waals surface area contributed by atoms with E-state index in [4.69, 9.17) is 0 Å². The summed E-state index contributed by atoms with van der Waals surface area (Å²) in [4.78, 5) is 0. The van der Waals surface area contributed by atoms with Gasteiger partial charge in [-0.05, 0) is 125 Å². The van der Waals surface area contributed by atoms with Crippen LogP contribution in [0.4, 0.5) is 0 Å². The summed E-state index contributed by atoms with van der Waals surface area (Å²) in [7, 11) is 0. The molecule has 3 nitrogen and oxygen atoms in total. The molecule has 0 aromatic carbocycles. The normalized spacial score (nSPS) is 54.7. The zero-order chi connectivity index (χ0) is 20.4. The second kappa shape index (κ2) is 7.20. The van der Waals surface area contributed by atoms with Crippen molar-refractivity contribution in [2.24, 2.45) is 46.3 Å². The summed E-state index contributed by atoms with van der Waals surface area (Å²) < 4.78 is 0. The van der Waals surface area contributed by atoms with Crippen LogP contribution in [0.3, 0.4) is 0 Å². The van der Waals surface area contributed by atoms with Gasteiger partial charge in [-0.15, -0.1) is 0 Å². The number of hydrogen-bond acceptors (Lipinski definition) is 3. The molecule has 4 aliphatic carbocycles. The molecule has 5 aliphatic rings. The van der Waals surface area contributed by atoms with Gasteiger partial charge >= 0.3 is 0 Å². The van der Waals surface area contributed by atoms with Crippen LogP contribution in [0.15, 0.2) is 0 Å². The molecule has 1 aliphatic heterocycles. The molecule has 2 unspecified atom stereocenters. The van der Waals surface area contributed by atoms with Crippen LogP contribution in [0.1, 0.15) is 91.4 Å². The maximum Gasteiger partial charge on any atom is 0.0693 e. The molecule has 1 saturated heterocycles. The molecule has 1 heterocycles. The third-order valence-electron chi connectivity index (χ3n) is 11.5. The molecule has 10 atom stereocenters. The van der Waals surface area contributed by atoms with Crippen molar-refractivity contribution in [3.63, 3.8) is 0 Å². The third kappa shape index (κ3) is 3.08. The summed E-state index contributed by atoms with van der Waals surface area (Å²) >= 11 is 0. The smallest absolute Gasteiger partial charge is 0.0693 e. The lowest BCUT2D eigenvalue weighted by molar-refractivity contribution is -0.154. The highest BCUT2D eigenvalue weighted by molar-refractivity contribution is 5.12. The lowest BCUT2D eigenvalue weighted by Crippen LogP contribution is -2.57. The molecule has 166 valence electrons. The van der Waals surface area contributed by atoms with Crippen LogP contribution in [0.2, 0.25) is 0 Å². The van der Waals surface area contributed by atoms with Crippen molar-refractivity contribution < 1.29 is 10.2 Å². The van der Waals surface area contributed by atoms with Crippen molar-refractivity contribution in [1.29, 1.82) is 0 Å². The van der Waals surface area contributed by atoms with Crippen molar-refractivity contribution in [2.75, 3.05) is 13.1 Å². The molecule has 3 heteroatoms. The first-order chi connectivity index (χ1) is 13.8. The molecular weight excluding hydrogens is 358 g/mol. The van der Waals surface area contributed by atoms with Crippen LogP contribution < -0.4 is 5.32 Å². The Morgan fingerprint density at radius 3 is 2.41 bits per heavy atom. The Bertz CT molecular complexity index is 614. The van der Waals surface area contributed by atoms with Crippen molar-refractivity contribution in [3.8, 4) is 0 Å². The molecule has 0 aromatic rings. The van der Waals surface area contributed by atoms with Gasteiger partial charge in [0.25, 0.3) is 0 Å². The monoisotopic (exact) mass is 403 g/mol. The fraction of sp³-hybridized carbons (Fsp3) is 1.00. The summed E-state index contributed by atoms with van der Waals surface area (Å²) in [5.41, 5.74) is 0.247. The maximum absolute atomic E-state index is 11.8. The van der Waals surface area contributed by atoms with E-state index in [0.29, 0.717) is 22.7 Å². The average Bonchev–Trinajstić information content (AvgIpc) is 3.07. The molecule has 5 rings (SSSR count). The van der Waals surface area contributed by atoms with Crippen molar-refractivity contribution in [3.05, 3.63) is 0 Å². The summed E-state index contributed by atoms with van der Waals surface area (Å²) in [6.45, 7) is 9.46. The van der Waals surface area contributed by atoms with E-state index in [1.54, 1.807) is 0 Å². The Kier molecular flexibility index (Phi) is 5.16. The van der Waals surface area contributed by atoms with Crippen molar-refractivity contribution >= 4 is 0 Å². The van der Waals surface area contributed by atoms with Gasteiger partial charge in [0.1, 0.15) is 0 Å². The van der Waals surface area contributed by atoms with Crippen LogP contribution in [-0.4, -0.2) is 35.0 Å². The average molecular weight is 404 g/mol. The van der Waals surface area contributed by atoms with E-state index in [2.05, 4.69) is 26.1 Å². The van der Waals surface area contributed by atoms with Gasteiger partial charge in [-0.3, -0.25) is 0 Å². The standard InChI is InChI=1S/C26H45NO2/c1-24-12-10-19(28)15-17(24)6-7-20-21-8-9-23(25(21,2)13-11-22(20)24)26(3,29)18-5-4-14-27-16-18/h17-23,27-29H,4-16H2,1-3H3/t17-,18?,19-,20-,21-,22-,23-,24-,25-,26?/m0/s1. The molecule has 29 heavy (non-hydrogen) atoms. The van der Waals surface area contributed by atoms with E-state index < -0.39 is 5.60 Å². The number of rotatable bonds is 2. The Labute approximate surface area is 178 Å². The van der Waals surface area contributed by atoms with Gasteiger partial charge in [-0.1, -0.05) is 13.8 Å². The first kappa shape index (κ1) is 20.8. The highest BCUT2D eigenvalue weighted by Gasteiger charge is 2.63. The fourth-order valence-electron chi connectivity index (χ4n) is 9.83. The molecule has 0 aromatic heterocycles. The van der Waals surface area contributed by atoms with Crippen molar-refractivity contribution in [2.45, 2.75) is 103 Å². The van der Waals surface area contributed by atoms with E-state index in [1.807, 2.05) is 0 Å². The topological polar surface area (TPSA) is 52.5 Å². The van der Waals surface area contributed by atoms with Gasteiger partial charge in [-0.25, -0.2) is 0 Å². The molecule has 0 radical (unpaired) electrons. The zero-order valence-corrected chi connectivity index (χ0v) is 19.1. The van der Waals surface area contributed by atoms with Gasteiger partial charge in [0.2, 0.25) is 0 Å². The quantitative estimate of drug-likeness (QED) is 0.623. The van der Waals surface area contributed by atoms with Gasteiger partial charge in [0, 0.05) is 12.5 Å². The summed E-state index contributed by atoms with van der Waals surface area (Å²) in [5.74, 6) is 4.14. The molecule has 0 bridgehead atoms. The van der Waals surface area contributed by atoms with Gasteiger partial charge in [-0.2, -0.15) is 0 Å². The van der Waals surface area contributed by atoms with E-state index in [1.165, 1.54) is 57.8 Å². The molecular formula is C26H45NO2. The molecule has 3 N–H and O–H groups in total. The van der Waals surface area contributed by atoms with Crippen LogP contribution in [-0.2, 0) is 0 Å². The third-order valence-corrected chi connectivity index (χ3v) is 11.5. The van der Waals surface area contributed by atoms with Gasteiger partial charge in [0.05, 0.1) is 11.7 Å². The highest BCUT2D eigenvalue weighted by atomic mass is 16.3. The lowest BCUT2D eigenvalue weighted by atomic mass is 9.44. The minimum Gasteiger partial charge on any atom is -0.393 e. The molecule has 4 saturated carbocycles. The predicted molar refractivity (Wildman–Crippen MR) is 117 cm³/mol. The number of aliphatic hydroxyl groups excluding tert-OH is 1. The first-order valence-corrected chi connectivity index (χ1v) is 12.9. The Morgan fingerprint density at radius 2 is 1.66 bits per heavy atom. The van der Waals surface area contributed by atoms with Gasteiger partial charge < -0.3 is 15.5 Å². The predicted octanol–water partition coefficient (Wildman–Crippen LogP) is 4.76. The van der Waals surface area contributed by atoms with Crippen LogP contribution >= 0.6 is 0 Å². The second-order valence-electron chi connectivity index (χ2n) is 12.5. The maximum atomic E-state index is 11.8. The second-order valence-corrected chi connectivity index (χ2v) is 12.5. The van der Waals surface area contributed by atoms with Gasteiger partial charge in [0.15, 0.2) is 0 Å². The van der Waals surface area contributed by atoms with Crippen LogP contribution in [0.25, 0.3) is 0 Å². The lowest BCUT2D eigenvalue weighted by Gasteiger charge is -2.61. The minimum absolute atomic E-state index is 0.0476.